The maximum Gasteiger partial charge on any atom is 0.0588 e. The van der Waals surface area contributed by atoms with Crippen molar-refractivity contribution in [3.05, 3.63) is 0 Å². The molecule has 0 aliphatic carbocycles. The van der Waals surface area contributed by atoms with E-state index in [1.807, 2.05) is 0 Å². The predicted molar refractivity (Wildman–Crippen MR) is 60.0 cm³/mol. The van der Waals surface area contributed by atoms with Gasteiger partial charge in [0.1, 0.15) is 0 Å². The molecule has 0 bridgehead atoms. The van der Waals surface area contributed by atoms with Crippen molar-refractivity contribution < 1.29 is 9.47 Å². The fraction of sp³-hybridized carbons (Fsp3) is 1.00. The molecule has 15 heavy (non-hydrogen) atoms. The van der Waals surface area contributed by atoms with E-state index in [1.165, 1.54) is 32.1 Å². The Morgan fingerprint density at radius 1 is 1.07 bits per heavy atom. The zero-order chi connectivity index (χ0) is 10.3. The molecule has 2 fully saturated rings. The van der Waals surface area contributed by atoms with E-state index >= 15 is 0 Å². The molecule has 0 aromatic rings. The summed E-state index contributed by atoms with van der Waals surface area (Å²) >= 11 is 0. The molecular formula is C12H23NO2. The summed E-state index contributed by atoms with van der Waals surface area (Å²) in [6, 6.07) is 0. The Kier molecular flexibility index (Phi) is 4.90. The van der Waals surface area contributed by atoms with Crippen molar-refractivity contribution in [1.82, 2.24) is 5.32 Å². The quantitative estimate of drug-likeness (QED) is 0.703. The first-order valence-corrected chi connectivity index (χ1v) is 6.35. The van der Waals surface area contributed by atoms with Gasteiger partial charge >= 0.3 is 0 Å². The van der Waals surface area contributed by atoms with E-state index < -0.39 is 0 Å². The van der Waals surface area contributed by atoms with Gasteiger partial charge in [-0.1, -0.05) is 0 Å². The van der Waals surface area contributed by atoms with Crippen LogP contribution in [0.3, 0.4) is 0 Å². The minimum Gasteiger partial charge on any atom is -0.381 e. The zero-order valence-electron chi connectivity index (χ0n) is 9.54. The molecule has 2 aliphatic heterocycles. The van der Waals surface area contributed by atoms with Gasteiger partial charge in [-0.2, -0.15) is 0 Å². The third kappa shape index (κ3) is 4.09. The largest absolute Gasteiger partial charge is 0.381 e. The summed E-state index contributed by atoms with van der Waals surface area (Å²) in [6.45, 7) is 5.17. The molecule has 0 amide bonds. The fourth-order valence-corrected chi connectivity index (χ4v) is 2.39. The van der Waals surface area contributed by atoms with Gasteiger partial charge in [-0.25, -0.2) is 0 Å². The van der Waals surface area contributed by atoms with Crippen LogP contribution in [0.2, 0.25) is 0 Å². The highest BCUT2D eigenvalue weighted by atomic mass is 16.5. The summed E-state index contributed by atoms with van der Waals surface area (Å²) in [4.78, 5) is 0. The van der Waals surface area contributed by atoms with E-state index in [9.17, 15) is 0 Å². The monoisotopic (exact) mass is 213 g/mol. The molecule has 1 N–H and O–H groups in total. The van der Waals surface area contributed by atoms with Crippen molar-refractivity contribution in [2.24, 2.45) is 5.92 Å². The van der Waals surface area contributed by atoms with Gasteiger partial charge in [-0.15, -0.1) is 0 Å². The van der Waals surface area contributed by atoms with Crippen molar-refractivity contribution in [1.29, 1.82) is 0 Å². The van der Waals surface area contributed by atoms with Crippen LogP contribution in [0.5, 0.6) is 0 Å². The summed E-state index contributed by atoms with van der Waals surface area (Å²) < 4.78 is 10.9. The molecule has 1 atom stereocenters. The fourth-order valence-electron chi connectivity index (χ4n) is 2.39. The minimum absolute atomic E-state index is 0.534. The number of hydrogen-bond acceptors (Lipinski definition) is 3. The highest BCUT2D eigenvalue weighted by molar-refractivity contribution is 4.69. The normalized spacial score (nSPS) is 28.4. The molecule has 0 spiro atoms. The van der Waals surface area contributed by atoms with Gasteiger partial charge in [-0.3, -0.25) is 0 Å². The molecule has 2 saturated heterocycles. The van der Waals surface area contributed by atoms with Crippen LogP contribution in [-0.2, 0) is 9.47 Å². The number of rotatable bonds is 5. The van der Waals surface area contributed by atoms with Crippen molar-refractivity contribution in [3.8, 4) is 0 Å². The van der Waals surface area contributed by atoms with Gasteiger partial charge in [0.25, 0.3) is 0 Å². The number of nitrogens with one attached hydrogen (secondary N) is 1. The zero-order valence-corrected chi connectivity index (χ0v) is 9.54. The Morgan fingerprint density at radius 3 is 2.67 bits per heavy atom. The van der Waals surface area contributed by atoms with E-state index in [4.69, 9.17) is 9.47 Å². The molecule has 1 unspecified atom stereocenters. The van der Waals surface area contributed by atoms with E-state index in [0.717, 1.165) is 38.8 Å². The maximum atomic E-state index is 5.58. The average Bonchev–Trinajstić information content (AvgIpc) is 2.79. The van der Waals surface area contributed by atoms with Crippen LogP contribution in [0.15, 0.2) is 0 Å². The van der Waals surface area contributed by atoms with Gasteiger partial charge < -0.3 is 14.8 Å². The molecule has 3 nitrogen and oxygen atoms in total. The van der Waals surface area contributed by atoms with E-state index in [0.29, 0.717) is 6.10 Å². The van der Waals surface area contributed by atoms with E-state index in [1.54, 1.807) is 0 Å². The molecule has 88 valence electrons. The number of hydrogen-bond donors (Lipinski definition) is 1. The molecule has 0 aromatic carbocycles. The molecular weight excluding hydrogens is 190 g/mol. The number of ether oxygens (including phenoxy) is 2. The van der Waals surface area contributed by atoms with Gasteiger partial charge in [0.2, 0.25) is 0 Å². The third-order valence-corrected chi connectivity index (χ3v) is 3.44. The summed E-state index contributed by atoms with van der Waals surface area (Å²) in [5.74, 6) is 0.836. The third-order valence-electron chi connectivity index (χ3n) is 3.44. The van der Waals surface area contributed by atoms with Crippen LogP contribution in [0.4, 0.5) is 0 Å². The molecule has 2 rings (SSSR count). The molecule has 2 heterocycles. The highest BCUT2D eigenvalue weighted by Gasteiger charge is 2.16. The van der Waals surface area contributed by atoms with Crippen molar-refractivity contribution >= 4 is 0 Å². The Labute approximate surface area is 92.5 Å². The summed E-state index contributed by atoms with van der Waals surface area (Å²) in [5, 5.41) is 3.55. The Balaban J connectivity index is 1.47. The first kappa shape index (κ1) is 11.4. The van der Waals surface area contributed by atoms with Crippen LogP contribution in [0, 0.1) is 5.92 Å². The molecule has 0 saturated carbocycles. The standard InChI is InChI=1S/C12H23NO2/c1-2-12(15-7-1)3-6-13-10-11-4-8-14-9-5-11/h11-13H,1-10H2. The maximum absolute atomic E-state index is 5.58. The van der Waals surface area contributed by atoms with Gasteiger partial charge in [0.05, 0.1) is 6.10 Å². The Morgan fingerprint density at radius 2 is 1.93 bits per heavy atom. The van der Waals surface area contributed by atoms with Crippen molar-refractivity contribution in [2.45, 2.75) is 38.2 Å². The minimum atomic E-state index is 0.534. The lowest BCUT2D eigenvalue weighted by Crippen LogP contribution is -2.29. The van der Waals surface area contributed by atoms with Crippen LogP contribution < -0.4 is 5.32 Å². The lowest BCUT2D eigenvalue weighted by Gasteiger charge is -2.22. The Hall–Kier alpha value is -0.120. The van der Waals surface area contributed by atoms with Gasteiger partial charge in [0, 0.05) is 19.8 Å². The van der Waals surface area contributed by atoms with Crippen molar-refractivity contribution in [2.75, 3.05) is 32.9 Å². The molecule has 0 aromatic heterocycles. The highest BCUT2D eigenvalue weighted by Crippen LogP contribution is 2.15. The van der Waals surface area contributed by atoms with E-state index in [-0.39, 0.29) is 0 Å². The topological polar surface area (TPSA) is 30.5 Å². The second kappa shape index (κ2) is 6.46. The predicted octanol–water partition coefficient (Wildman–Crippen LogP) is 1.57. The smallest absolute Gasteiger partial charge is 0.0588 e. The first-order chi connectivity index (χ1) is 7.45. The van der Waals surface area contributed by atoms with Crippen LogP contribution >= 0.6 is 0 Å². The van der Waals surface area contributed by atoms with Gasteiger partial charge in [0.15, 0.2) is 0 Å². The average molecular weight is 213 g/mol. The molecule has 3 heteroatoms. The van der Waals surface area contributed by atoms with Crippen LogP contribution in [-0.4, -0.2) is 39.0 Å². The molecule has 0 radical (unpaired) electrons. The summed E-state index contributed by atoms with van der Waals surface area (Å²) in [6.07, 6.45) is 6.69. The Bertz CT molecular complexity index is 163. The molecule has 2 aliphatic rings. The van der Waals surface area contributed by atoms with E-state index in [2.05, 4.69) is 5.32 Å². The second-order valence-electron chi connectivity index (χ2n) is 4.68. The van der Waals surface area contributed by atoms with Crippen molar-refractivity contribution in [3.63, 3.8) is 0 Å². The summed E-state index contributed by atoms with van der Waals surface area (Å²) in [7, 11) is 0. The van der Waals surface area contributed by atoms with Crippen LogP contribution in [0.25, 0.3) is 0 Å². The first-order valence-electron chi connectivity index (χ1n) is 6.35. The summed E-state index contributed by atoms with van der Waals surface area (Å²) in [5.41, 5.74) is 0. The SMILES string of the molecule is C1COC(CCNCC2CCOCC2)C1. The van der Waals surface area contributed by atoms with Crippen LogP contribution in [0.1, 0.15) is 32.1 Å². The lowest BCUT2D eigenvalue weighted by atomic mass is 10.0. The van der Waals surface area contributed by atoms with Gasteiger partial charge in [-0.05, 0) is 51.1 Å². The lowest BCUT2D eigenvalue weighted by molar-refractivity contribution is 0.0653. The second-order valence-corrected chi connectivity index (χ2v) is 4.68.